The molecule has 0 saturated heterocycles. The molecule has 26 heavy (non-hydrogen) atoms. The lowest BCUT2D eigenvalue weighted by atomic mass is 10.0. The van der Waals surface area contributed by atoms with Crippen molar-refractivity contribution in [2.45, 2.75) is 20.4 Å². The van der Waals surface area contributed by atoms with Crippen LogP contribution in [-0.4, -0.2) is 17.6 Å². The Morgan fingerprint density at radius 2 is 1.62 bits per heavy atom. The summed E-state index contributed by atoms with van der Waals surface area (Å²) in [6.45, 7) is 4.58. The molecule has 1 aromatic heterocycles. The minimum Gasteiger partial charge on any atom is -0.465 e. The molecule has 3 aromatic rings. The van der Waals surface area contributed by atoms with Crippen molar-refractivity contribution in [1.82, 2.24) is 4.57 Å². The van der Waals surface area contributed by atoms with E-state index in [1.165, 1.54) is 7.11 Å². The van der Waals surface area contributed by atoms with Crippen LogP contribution in [0, 0.1) is 13.8 Å². The van der Waals surface area contributed by atoms with Crippen LogP contribution < -0.4 is 0 Å². The van der Waals surface area contributed by atoms with Crippen molar-refractivity contribution in [2.24, 2.45) is 0 Å². The smallest absolute Gasteiger partial charge is 0.340 e. The molecule has 0 amide bonds. The molecule has 0 N–H and O–H groups in total. The number of ether oxygens (including phenoxy) is 1. The largest absolute Gasteiger partial charge is 0.465 e. The Labute approximate surface area is 163 Å². The lowest BCUT2D eigenvalue weighted by Gasteiger charge is -2.10. The third-order valence-corrected chi connectivity index (χ3v) is 4.94. The molecule has 0 atom stereocenters. The Balaban J connectivity index is 2.22. The van der Waals surface area contributed by atoms with Crippen LogP contribution >= 0.6 is 23.2 Å². The third-order valence-electron chi connectivity index (χ3n) is 4.51. The van der Waals surface area contributed by atoms with E-state index in [2.05, 4.69) is 16.7 Å². The van der Waals surface area contributed by atoms with E-state index >= 15 is 0 Å². The van der Waals surface area contributed by atoms with Gasteiger partial charge in [0.25, 0.3) is 0 Å². The summed E-state index contributed by atoms with van der Waals surface area (Å²) in [6.07, 6.45) is 0. The Morgan fingerprint density at radius 3 is 2.19 bits per heavy atom. The topological polar surface area (TPSA) is 31.2 Å². The number of halogens is 2. The predicted molar refractivity (Wildman–Crippen MR) is 106 cm³/mol. The molecule has 134 valence electrons. The van der Waals surface area contributed by atoms with E-state index in [4.69, 9.17) is 27.9 Å². The number of esters is 1. The third kappa shape index (κ3) is 3.50. The van der Waals surface area contributed by atoms with Crippen LogP contribution in [0.1, 0.15) is 27.3 Å². The Hall–Kier alpha value is -2.23. The highest BCUT2D eigenvalue weighted by molar-refractivity contribution is 6.35. The van der Waals surface area contributed by atoms with Crippen LogP contribution in [0.2, 0.25) is 10.0 Å². The van der Waals surface area contributed by atoms with Gasteiger partial charge in [-0.15, -0.1) is 0 Å². The lowest BCUT2D eigenvalue weighted by Crippen LogP contribution is -2.07. The van der Waals surface area contributed by atoms with Crippen LogP contribution in [0.4, 0.5) is 0 Å². The first-order chi connectivity index (χ1) is 12.4. The van der Waals surface area contributed by atoms with Gasteiger partial charge in [-0.25, -0.2) is 4.79 Å². The Bertz CT molecular complexity index is 942. The molecule has 0 aliphatic heterocycles. The SMILES string of the molecule is COC(=O)c1c(-c2cc(Cl)cc(Cl)c2)c(C)n(Cc2ccccc2)c1C. The summed E-state index contributed by atoms with van der Waals surface area (Å²) in [5.41, 5.74) is 5.11. The van der Waals surface area contributed by atoms with Gasteiger partial charge in [0.1, 0.15) is 0 Å². The van der Waals surface area contributed by atoms with Crippen molar-refractivity contribution < 1.29 is 9.53 Å². The average molecular weight is 388 g/mol. The summed E-state index contributed by atoms with van der Waals surface area (Å²) in [4.78, 5) is 12.5. The monoisotopic (exact) mass is 387 g/mol. The number of hydrogen-bond acceptors (Lipinski definition) is 2. The zero-order valence-electron chi connectivity index (χ0n) is 14.8. The zero-order chi connectivity index (χ0) is 18.8. The first kappa shape index (κ1) is 18.6. The van der Waals surface area contributed by atoms with E-state index in [0.717, 1.165) is 28.1 Å². The van der Waals surface area contributed by atoms with Crippen LogP contribution in [-0.2, 0) is 11.3 Å². The molecule has 0 saturated carbocycles. The van der Waals surface area contributed by atoms with Crippen LogP contribution in [0.15, 0.2) is 48.5 Å². The second kappa shape index (κ2) is 7.56. The van der Waals surface area contributed by atoms with E-state index in [9.17, 15) is 4.79 Å². The summed E-state index contributed by atoms with van der Waals surface area (Å²) >= 11 is 12.4. The molecule has 0 aliphatic carbocycles. The highest BCUT2D eigenvalue weighted by atomic mass is 35.5. The van der Waals surface area contributed by atoms with Gasteiger partial charge in [0.15, 0.2) is 0 Å². The highest BCUT2D eigenvalue weighted by Crippen LogP contribution is 2.36. The molecule has 3 nitrogen and oxygen atoms in total. The number of methoxy groups -OCH3 is 1. The van der Waals surface area contributed by atoms with Crippen molar-refractivity contribution in [3.8, 4) is 11.1 Å². The summed E-state index contributed by atoms with van der Waals surface area (Å²) < 4.78 is 7.16. The Kier molecular flexibility index (Phi) is 5.40. The van der Waals surface area contributed by atoms with Crippen molar-refractivity contribution in [2.75, 3.05) is 7.11 Å². The quantitative estimate of drug-likeness (QED) is 0.520. The number of rotatable bonds is 4. The standard InChI is InChI=1S/C21H19Cl2NO2/c1-13-19(16-9-17(22)11-18(23)10-16)20(21(25)26-3)14(2)24(13)12-15-7-5-4-6-8-15/h4-11H,12H2,1-3H3. The van der Waals surface area contributed by atoms with Crippen LogP contribution in [0.5, 0.6) is 0 Å². The van der Waals surface area contributed by atoms with E-state index in [0.29, 0.717) is 22.2 Å². The molecule has 1 heterocycles. The molecule has 3 rings (SSSR count). The van der Waals surface area contributed by atoms with Gasteiger partial charge in [-0.2, -0.15) is 0 Å². The minimum absolute atomic E-state index is 0.372. The first-order valence-electron chi connectivity index (χ1n) is 8.20. The molecule has 0 radical (unpaired) electrons. The van der Waals surface area contributed by atoms with Crippen LogP contribution in [0.3, 0.4) is 0 Å². The molecule has 0 spiro atoms. The normalized spacial score (nSPS) is 10.8. The fraction of sp³-hybridized carbons (Fsp3) is 0.190. The molecule has 0 aliphatic rings. The minimum atomic E-state index is -0.372. The summed E-state index contributed by atoms with van der Waals surface area (Å²) in [7, 11) is 1.39. The molecule has 0 bridgehead atoms. The van der Waals surface area contributed by atoms with Gasteiger partial charge in [-0.05, 0) is 43.2 Å². The molecule has 0 fully saturated rings. The first-order valence-corrected chi connectivity index (χ1v) is 8.96. The van der Waals surface area contributed by atoms with Crippen molar-refractivity contribution in [3.63, 3.8) is 0 Å². The maximum Gasteiger partial charge on any atom is 0.340 e. The molecule has 0 unspecified atom stereocenters. The fourth-order valence-corrected chi connectivity index (χ4v) is 3.82. The van der Waals surface area contributed by atoms with Gasteiger partial charge < -0.3 is 9.30 Å². The molecule has 5 heteroatoms. The maximum absolute atomic E-state index is 12.5. The molecular formula is C21H19Cl2NO2. The van der Waals surface area contributed by atoms with Gasteiger partial charge >= 0.3 is 5.97 Å². The highest BCUT2D eigenvalue weighted by Gasteiger charge is 2.25. The number of hydrogen-bond donors (Lipinski definition) is 0. The lowest BCUT2D eigenvalue weighted by molar-refractivity contribution is 0.0600. The summed E-state index contributed by atoms with van der Waals surface area (Å²) in [6, 6.07) is 15.4. The Morgan fingerprint density at radius 1 is 1.00 bits per heavy atom. The fourth-order valence-electron chi connectivity index (χ4n) is 3.29. The van der Waals surface area contributed by atoms with Crippen molar-refractivity contribution in [1.29, 1.82) is 0 Å². The van der Waals surface area contributed by atoms with Gasteiger partial charge in [0, 0.05) is 33.5 Å². The van der Waals surface area contributed by atoms with Gasteiger partial charge in [0.05, 0.1) is 12.7 Å². The number of nitrogens with zero attached hydrogens (tertiary/aromatic N) is 1. The summed E-state index contributed by atoms with van der Waals surface area (Å²) in [5, 5.41) is 1.05. The van der Waals surface area contributed by atoms with E-state index in [-0.39, 0.29) is 5.97 Å². The maximum atomic E-state index is 12.5. The van der Waals surface area contributed by atoms with Crippen molar-refractivity contribution in [3.05, 3.63) is 81.1 Å². The van der Waals surface area contributed by atoms with Crippen molar-refractivity contribution >= 4 is 29.2 Å². The number of carbonyl (C=O) groups is 1. The van der Waals surface area contributed by atoms with Gasteiger partial charge in [-0.3, -0.25) is 0 Å². The predicted octanol–water partition coefficient (Wildman–Crippen LogP) is 5.91. The van der Waals surface area contributed by atoms with E-state index < -0.39 is 0 Å². The zero-order valence-corrected chi connectivity index (χ0v) is 16.4. The van der Waals surface area contributed by atoms with Gasteiger partial charge in [0.2, 0.25) is 0 Å². The van der Waals surface area contributed by atoms with Crippen LogP contribution in [0.25, 0.3) is 11.1 Å². The second-order valence-corrected chi connectivity index (χ2v) is 7.02. The summed E-state index contributed by atoms with van der Waals surface area (Å²) in [5.74, 6) is -0.372. The number of carbonyl (C=O) groups excluding carboxylic acids is 1. The second-order valence-electron chi connectivity index (χ2n) is 6.14. The average Bonchev–Trinajstić information content (AvgIpc) is 2.86. The molecule has 2 aromatic carbocycles. The van der Waals surface area contributed by atoms with Gasteiger partial charge in [-0.1, -0.05) is 53.5 Å². The molecular weight excluding hydrogens is 369 g/mol. The number of benzene rings is 2. The van der Waals surface area contributed by atoms with E-state index in [1.54, 1.807) is 6.07 Å². The van der Waals surface area contributed by atoms with E-state index in [1.807, 2.05) is 44.2 Å². The number of aromatic nitrogens is 1.